The predicted octanol–water partition coefficient (Wildman–Crippen LogP) is 1.79. The van der Waals surface area contributed by atoms with Gasteiger partial charge in [0.25, 0.3) is 0 Å². The molecule has 0 saturated carbocycles. The Kier molecular flexibility index (Phi) is 2.65. The van der Waals surface area contributed by atoms with Crippen LogP contribution in [0.15, 0.2) is 0 Å². The summed E-state index contributed by atoms with van der Waals surface area (Å²) in [4.78, 5) is 11.7. The van der Waals surface area contributed by atoms with Crippen molar-refractivity contribution in [2.24, 2.45) is 0 Å². The SMILES string of the molecule is CC(C)(C)OC(=O)N[C@]1(C)C[C@@H]2CC[C@H]1N2. The lowest BCUT2D eigenvalue weighted by Gasteiger charge is -2.34. The van der Waals surface area contributed by atoms with Crippen molar-refractivity contribution in [3.63, 3.8) is 0 Å². The van der Waals surface area contributed by atoms with E-state index in [2.05, 4.69) is 17.6 Å². The summed E-state index contributed by atoms with van der Waals surface area (Å²) in [5, 5.41) is 6.54. The largest absolute Gasteiger partial charge is 0.444 e. The van der Waals surface area contributed by atoms with Crippen molar-refractivity contribution < 1.29 is 9.53 Å². The van der Waals surface area contributed by atoms with Gasteiger partial charge in [-0.2, -0.15) is 0 Å². The summed E-state index contributed by atoms with van der Waals surface area (Å²) in [6, 6.07) is 0.981. The van der Waals surface area contributed by atoms with Crippen molar-refractivity contribution in [2.75, 3.05) is 0 Å². The standard InChI is InChI=1S/C12H22N2O2/c1-11(2,3)16-10(15)14-12(4)7-8-5-6-9(12)13-8/h8-9,13H,5-7H2,1-4H3,(H,14,15)/t8-,9+,12+/m0/s1. The van der Waals surface area contributed by atoms with E-state index in [0.29, 0.717) is 12.1 Å². The van der Waals surface area contributed by atoms with Crippen LogP contribution in [0.25, 0.3) is 0 Å². The molecule has 2 heterocycles. The van der Waals surface area contributed by atoms with Gasteiger partial charge in [0.1, 0.15) is 5.60 Å². The van der Waals surface area contributed by atoms with Crippen LogP contribution in [0.4, 0.5) is 4.79 Å². The molecular formula is C12H22N2O2. The minimum absolute atomic E-state index is 0.134. The smallest absolute Gasteiger partial charge is 0.408 e. The summed E-state index contributed by atoms with van der Waals surface area (Å²) in [7, 11) is 0. The molecule has 4 nitrogen and oxygen atoms in total. The fraction of sp³-hybridized carbons (Fsp3) is 0.917. The summed E-state index contributed by atoms with van der Waals surface area (Å²) in [6.45, 7) is 7.75. The number of amides is 1. The fourth-order valence-corrected chi connectivity index (χ4v) is 2.81. The Labute approximate surface area is 97.1 Å². The van der Waals surface area contributed by atoms with Gasteiger partial charge in [0.05, 0.1) is 5.54 Å². The van der Waals surface area contributed by atoms with Gasteiger partial charge in [-0.05, 0) is 47.0 Å². The van der Waals surface area contributed by atoms with Gasteiger partial charge in [-0.15, -0.1) is 0 Å². The summed E-state index contributed by atoms with van der Waals surface area (Å²) in [5.74, 6) is 0. The fourth-order valence-electron chi connectivity index (χ4n) is 2.81. The lowest BCUT2D eigenvalue weighted by atomic mass is 9.83. The Bertz CT molecular complexity index is 298. The Balaban J connectivity index is 1.92. The number of fused-ring (bicyclic) bond motifs is 2. The molecule has 0 aromatic heterocycles. The van der Waals surface area contributed by atoms with E-state index < -0.39 is 5.60 Å². The molecule has 0 spiro atoms. The first-order valence-electron chi connectivity index (χ1n) is 6.06. The Morgan fingerprint density at radius 3 is 2.56 bits per heavy atom. The highest BCUT2D eigenvalue weighted by molar-refractivity contribution is 5.69. The molecule has 4 heteroatoms. The maximum atomic E-state index is 11.7. The minimum atomic E-state index is -0.425. The van der Waals surface area contributed by atoms with E-state index in [1.165, 1.54) is 6.42 Å². The van der Waals surface area contributed by atoms with Crippen molar-refractivity contribution in [3.8, 4) is 0 Å². The zero-order chi connectivity index (χ0) is 12.0. The van der Waals surface area contributed by atoms with Crippen LogP contribution in [-0.2, 0) is 4.74 Å². The molecule has 16 heavy (non-hydrogen) atoms. The molecular weight excluding hydrogens is 204 g/mol. The maximum Gasteiger partial charge on any atom is 0.408 e. The molecule has 2 bridgehead atoms. The molecule has 3 atom stereocenters. The van der Waals surface area contributed by atoms with Crippen molar-refractivity contribution in [1.29, 1.82) is 0 Å². The molecule has 2 N–H and O–H groups in total. The van der Waals surface area contributed by atoms with Crippen LogP contribution >= 0.6 is 0 Å². The third-order valence-electron chi connectivity index (χ3n) is 3.47. The summed E-state index contributed by atoms with van der Waals surface area (Å²) in [6.07, 6.45) is 3.09. The molecule has 2 fully saturated rings. The van der Waals surface area contributed by atoms with E-state index in [1.807, 2.05) is 20.8 Å². The first kappa shape index (κ1) is 11.7. The van der Waals surface area contributed by atoms with Crippen LogP contribution in [0.5, 0.6) is 0 Å². The first-order valence-corrected chi connectivity index (χ1v) is 6.06. The van der Waals surface area contributed by atoms with Gasteiger partial charge < -0.3 is 15.4 Å². The zero-order valence-corrected chi connectivity index (χ0v) is 10.6. The zero-order valence-electron chi connectivity index (χ0n) is 10.6. The van der Waals surface area contributed by atoms with Gasteiger partial charge in [-0.3, -0.25) is 0 Å². The van der Waals surface area contributed by atoms with E-state index in [0.717, 1.165) is 12.8 Å². The number of alkyl carbamates (subject to hydrolysis) is 1. The number of hydrogen-bond donors (Lipinski definition) is 2. The molecule has 2 aliphatic rings. The van der Waals surface area contributed by atoms with Crippen LogP contribution in [0, 0.1) is 0 Å². The Morgan fingerprint density at radius 1 is 1.44 bits per heavy atom. The molecule has 0 aromatic carbocycles. The summed E-state index contributed by atoms with van der Waals surface area (Å²) < 4.78 is 5.29. The highest BCUT2D eigenvalue weighted by Gasteiger charge is 2.48. The van der Waals surface area contributed by atoms with E-state index in [1.54, 1.807) is 0 Å². The molecule has 2 rings (SSSR count). The average Bonchev–Trinajstić information content (AvgIpc) is 2.57. The normalized spacial score (nSPS) is 37.5. The van der Waals surface area contributed by atoms with Crippen LogP contribution in [0.3, 0.4) is 0 Å². The van der Waals surface area contributed by atoms with E-state index in [-0.39, 0.29) is 11.6 Å². The topological polar surface area (TPSA) is 50.4 Å². The highest BCUT2D eigenvalue weighted by Crippen LogP contribution is 2.36. The minimum Gasteiger partial charge on any atom is -0.444 e. The third-order valence-corrected chi connectivity index (χ3v) is 3.47. The van der Waals surface area contributed by atoms with Gasteiger partial charge in [-0.1, -0.05) is 0 Å². The maximum absolute atomic E-state index is 11.7. The summed E-state index contributed by atoms with van der Waals surface area (Å²) >= 11 is 0. The number of nitrogens with one attached hydrogen (secondary N) is 2. The molecule has 0 aromatic rings. The lowest BCUT2D eigenvalue weighted by Crippen LogP contribution is -2.54. The average molecular weight is 226 g/mol. The molecule has 0 aliphatic carbocycles. The molecule has 1 amide bonds. The molecule has 0 radical (unpaired) electrons. The van der Waals surface area contributed by atoms with Gasteiger partial charge >= 0.3 is 6.09 Å². The number of ether oxygens (including phenoxy) is 1. The molecule has 0 unspecified atom stereocenters. The molecule has 2 saturated heterocycles. The van der Waals surface area contributed by atoms with Crippen molar-refractivity contribution in [1.82, 2.24) is 10.6 Å². The monoisotopic (exact) mass is 226 g/mol. The second-order valence-electron chi connectivity index (χ2n) is 6.24. The lowest BCUT2D eigenvalue weighted by molar-refractivity contribution is 0.0448. The van der Waals surface area contributed by atoms with E-state index in [9.17, 15) is 4.79 Å². The number of carbonyl (C=O) groups excluding carboxylic acids is 1. The van der Waals surface area contributed by atoms with Crippen LogP contribution in [-0.4, -0.2) is 29.3 Å². The van der Waals surface area contributed by atoms with E-state index in [4.69, 9.17) is 4.74 Å². The predicted molar refractivity (Wildman–Crippen MR) is 62.3 cm³/mol. The number of carbonyl (C=O) groups is 1. The summed E-state index contributed by atoms with van der Waals surface area (Å²) in [5.41, 5.74) is -0.559. The van der Waals surface area contributed by atoms with Crippen molar-refractivity contribution >= 4 is 6.09 Å². The van der Waals surface area contributed by atoms with Crippen LogP contribution < -0.4 is 10.6 Å². The Hall–Kier alpha value is -0.770. The molecule has 2 aliphatic heterocycles. The van der Waals surface area contributed by atoms with Crippen molar-refractivity contribution in [2.45, 2.75) is 70.2 Å². The van der Waals surface area contributed by atoms with Crippen LogP contribution in [0.2, 0.25) is 0 Å². The van der Waals surface area contributed by atoms with E-state index >= 15 is 0 Å². The quantitative estimate of drug-likeness (QED) is 0.716. The second kappa shape index (κ2) is 3.62. The number of hydrogen-bond acceptors (Lipinski definition) is 3. The van der Waals surface area contributed by atoms with Gasteiger partial charge in [0.15, 0.2) is 0 Å². The molecule has 92 valence electrons. The van der Waals surface area contributed by atoms with Gasteiger partial charge in [0, 0.05) is 12.1 Å². The first-order chi connectivity index (χ1) is 7.28. The van der Waals surface area contributed by atoms with Gasteiger partial charge in [-0.25, -0.2) is 4.79 Å². The number of rotatable bonds is 1. The van der Waals surface area contributed by atoms with Gasteiger partial charge in [0.2, 0.25) is 0 Å². The Morgan fingerprint density at radius 2 is 2.12 bits per heavy atom. The van der Waals surface area contributed by atoms with Crippen LogP contribution in [0.1, 0.15) is 47.0 Å². The third kappa shape index (κ3) is 2.32. The van der Waals surface area contributed by atoms with Crippen molar-refractivity contribution in [3.05, 3.63) is 0 Å². The highest BCUT2D eigenvalue weighted by atomic mass is 16.6. The second-order valence-corrected chi connectivity index (χ2v) is 6.24.